The fourth-order valence-electron chi connectivity index (χ4n) is 3.58. The summed E-state index contributed by atoms with van der Waals surface area (Å²) in [5.74, 6) is 1.01. The Morgan fingerprint density at radius 2 is 2.19 bits per heavy atom. The Bertz CT molecular complexity index is 1130. The Balaban J connectivity index is 2.02. The summed E-state index contributed by atoms with van der Waals surface area (Å²) in [4.78, 5) is 4.24. The predicted octanol–water partition coefficient (Wildman–Crippen LogP) is 2.38. The van der Waals surface area contributed by atoms with Gasteiger partial charge in [0.25, 0.3) is 5.65 Å². The van der Waals surface area contributed by atoms with Crippen LogP contribution in [0, 0.1) is 0 Å². The van der Waals surface area contributed by atoms with Gasteiger partial charge >= 0.3 is 0 Å². The predicted molar refractivity (Wildman–Crippen MR) is 81.9 cm³/mol. The third-order valence-electron chi connectivity index (χ3n) is 4.47. The van der Waals surface area contributed by atoms with E-state index in [1.54, 1.807) is 6.20 Å². The molecule has 1 aromatic carbocycles. The normalized spacial score (nSPS) is 15.8. The van der Waals surface area contributed by atoms with E-state index in [1.807, 2.05) is 48.1 Å². The van der Waals surface area contributed by atoms with Crippen LogP contribution in [0.25, 0.3) is 33.5 Å². The summed E-state index contributed by atoms with van der Waals surface area (Å²) in [5, 5.41) is 0.964. The van der Waals surface area contributed by atoms with E-state index in [4.69, 9.17) is 4.11 Å². The van der Waals surface area contributed by atoms with E-state index >= 15 is 0 Å². The summed E-state index contributed by atoms with van der Waals surface area (Å²) in [6.45, 7) is -1.50. The van der Waals surface area contributed by atoms with Gasteiger partial charge in [0.1, 0.15) is 5.52 Å². The van der Waals surface area contributed by atoms with E-state index < -0.39 is 6.98 Å². The molecule has 0 saturated heterocycles. The molecule has 1 aliphatic heterocycles. The molecule has 3 aromatic heterocycles. The second-order valence-electron chi connectivity index (χ2n) is 5.53. The monoisotopic (exact) mass is 278 g/mol. The van der Waals surface area contributed by atoms with Crippen LogP contribution in [0.4, 0.5) is 0 Å². The standard InChI is InChI=1S/C17H15N4/c1-19-14-6-4-3-5-12(14)15-17(19)20(2)16-13-9-18-8-7-11(13)10-21(15)16/h3-9H,10H2,1-2H3/q+1/i1D3. The van der Waals surface area contributed by atoms with Crippen LogP contribution in [0.3, 0.4) is 0 Å². The van der Waals surface area contributed by atoms with Crippen LogP contribution in [0.15, 0.2) is 42.7 Å². The molecule has 0 fully saturated rings. The Labute approximate surface area is 126 Å². The topological polar surface area (TPSA) is 26.6 Å². The van der Waals surface area contributed by atoms with Crippen molar-refractivity contribution in [2.75, 3.05) is 0 Å². The van der Waals surface area contributed by atoms with E-state index in [2.05, 4.69) is 9.55 Å². The summed E-state index contributed by atoms with van der Waals surface area (Å²) in [5.41, 5.74) is 4.71. The smallest absolute Gasteiger partial charge is 0.264 e. The molecule has 1 aliphatic rings. The van der Waals surface area contributed by atoms with Crippen LogP contribution >= 0.6 is 0 Å². The molecule has 0 spiro atoms. The molecule has 0 aliphatic carbocycles. The molecule has 102 valence electrons. The van der Waals surface area contributed by atoms with E-state index in [1.165, 1.54) is 10.1 Å². The Kier molecular flexibility index (Phi) is 1.45. The second-order valence-corrected chi connectivity index (χ2v) is 5.53. The number of hydrogen-bond donors (Lipinski definition) is 0. The number of aryl methyl sites for hydroxylation is 2. The van der Waals surface area contributed by atoms with Gasteiger partial charge in [-0.15, -0.1) is 0 Å². The molecule has 0 N–H and O–H groups in total. The number of benzene rings is 1. The molecule has 0 amide bonds. The third kappa shape index (κ3) is 1.17. The summed E-state index contributed by atoms with van der Waals surface area (Å²) >= 11 is 0. The molecule has 5 rings (SSSR count). The molecule has 21 heavy (non-hydrogen) atoms. The molecule has 4 heteroatoms. The summed E-state index contributed by atoms with van der Waals surface area (Å²) in [7, 11) is 1.93. The Morgan fingerprint density at radius 3 is 3.10 bits per heavy atom. The maximum absolute atomic E-state index is 8.01. The fraction of sp³-hybridized carbons (Fsp3) is 0.176. The lowest BCUT2D eigenvalue weighted by Gasteiger charge is -1.98. The Hall–Kier alpha value is -2.62. The van der Waals surface area contributed by atoms with Crippen molar-refractivity contribution in [1.29, 1.82) is 0 Å². The first-order chi connectivity index (χ1) is 11.5. The maximum Gasteiger partial charge on any atom is 0.269 e. The lowest BCUT2D eigenvalue weighted by atomic mass is 10.2. The van der Waals surface area contributed by atoms with Gasteiger partial charge in [-0.25, -0.2) is 9.13 Å². The van der Waals surface area contributed by atoms with Crippen LogP contribution in [0.1, 0.15) is 9.68 Å². The van der Waals surface area contributed by atoms with E-state index in [-0.39, 0.29) is 0 Å². The SMILES string of the molecule is [2H]C([2H])([2H])n1c2ccccc2c2c1[n+](C)c1n2Cc2ccncc2-1. The average molecular weight is 278 g/mol. The zero-order valence-corrected chi connectivity index (χ0v) is 11.5. The molecule has 4 heterocycles. The van der Waals surface area contributed by atoms with E-state index in [0.717, 1.165) is 40.0 Å². The van der Waals surface area contributed by atoms with E-state index in [0.29, 0.717) is 0 Å². The highest BCUT2D eigenvalue weighted by Crippen LogP contribution is 2.36. The number of pyridine rings is 1. The third-order valence-corrected chi connectivity index (χ3v) is 4.47. The molecule has 0 bridgehead atoms. The van der Waals surface area contributed by atoms with Gasteiger partial charge < -0.3 is 0 Å². The fourth-order valence-corrected chi connectivity index (χ4v) is 3.58. The van der Waals surface area contributed by atoms with Gasteiger partial charge in [0.15, 0.2) is 5.52 Å². The van der Waals surface area contributed by atoms with Gasteiger partial charge in [0.2, 0.25) is 5.82 Å². The minimum Gasteiger partial charge on any atom is -0.264 e. The number of rotatable bonds is 0. The molecule has 0 radical (unpaired) electrons. The first-order valence-corrected chi connectivity index (χ1v) is 6.94. The number of fused-ring (bicyclic) bond motifs is 7. The zero-order valence-electron chi connectivity index (χ0n) is 14.5. The Morgan fingerprint density at radius 1 is 1.29 bits per heavy atom. The van der Waals surface area contributed by atoms with Gasteiger partial charge in [-0.1, -0.05) is 12.1 Å². The van der Waals surface area contributed by atoms with Gasteiger partial charge in [0.05, 0.1) is 35.6 Å². The first kappa shape index (κ1) is 8.62. The summed E-state index contributed by atoms with van der Waals surface area (Å²) in [6, 6.07) is 9.73. The minimum absolute atomic E-state index is 0.723. The summed E-state index contributed by atoms with van der Waals surface area (Å²) in [6.07, 6.45) is 3.66. The van der Waals surface area contributed by atoms with Crippen LogP contribution in [0.2, 0.25) is 0 Å². The lowest BCUT2D eigenvalue weighted by molar-refractivity contribution is -0.636. The molecule has 0 atom stereocenters. The van der Waals surface area contributed by atoms with Crippen molar-refractivity contribution in [1.82, 2.24) is 14.1 Å². The van der Waals surface area contributed by atoms with Crippen molar-refractivity contribution >= 4 is 22.1 Å². The highest BCUT2D eigenvalue weighted by Gasteiger charge is 2.34. The minimum atomic E-state index is -2.24. The molecular formula is C17H15N4+. The molecule has 4 aromatic rings. The number of aromatic nitrogens is 4. The van der Waals surface area contributed by atoms with Crippen LogP contribution in [0.5, 0.6) is 0 Å². The van der Waals surface area contributed by atoms with Crippen LogP contribution in [-0.2, 0) is 20.6 Å². The molecule has 0 saturated carbocycles. The quantitative estimate of drug-likeness (QED) is 0.399. The van der Waals surface area contributed by atoms with Crippen molar-refractivity contribution in [3.63, 3.8) is 0 Å². The van der Waals surface area contributed by atoms with Crippen molar-refractivity contribution in [2.45, 2.75) is 6.54 Å². The summed E-state index contributed by atoms with van der Waals surface area (Å²) < 4.78 is 29.7. The van der Waals surface area contributed by atoms with Crippen molar-refractivity contribution in [3.8, 4) is 11.4 Å². The highest BCUT2D eigenvalue weighted by atomic mass is 15.2. The largest absolute Gasteiger partial charge is 0.269 e. The van der Waals surface area contributed by atoms with Gasteiger partial charge in [-0.05, 0) is 18.2 Å². The number of para-hydroxylation sites is 1. The highest BCUT2D eigenvalue weighted by molar-refractivity contribution is 6.04. The van der Waals surface area contributed by atoms with E-state index in [9.17, 15) is 0 Å². The number of nitrogens with zero attached hydrogens (tertiary/aromatic N) is 4. The molecule has 4 nitrogen and oxygen atoms in total. The van der Waals surface area contributed by atoms with Gasteiger partial charge in [0, 0.05) is 18.0 Å². The molecular weight excluding hydrogens is 260 g/mol. The first-order valence-electron chi connectivity index (χ1n) is 8.44. The number of imidazole rings is 1. The van der Waals surface area contributed by atoms with Crippen molar-refractivity contribution in [3.05, 3.63) is 48.3 Å². The zero-order chi connectivity index (χ0) is 16.6. The van der Waals surface area contributed by atoms with Crippen LogP contribution in [-0.4, -0.2) is 14.1 Å². The average Bonchev–Trinajstić information content (AvgIpc) is 3.15. The lowest BCUT2D eigenvalue weighted by Crippen LogP contribution is -2.31. The van der Waals surface area contributed by atoms with Gasteiger partial charge in [-0.3, -0.25) is 9.55 Å². The second kappa shape index (κ2) is 3.52. The van der Waals surface area contributed by atoms with Gasteiger partial charge in [-0.2, -0.15) is 0 Å². The molecule has 0 unspecified atom stereocenters. The van der Waals surface area contributed by atoms with Crippen molar-refractivity contribution < 1.29 is 8.68 Å². The van der Waals surface area contributed by atoms with Crippen LogP contribution < -0.4 is 4.57 Å². The maximum atomic E-state index is 8.01. The van der Waals surface area contributed by atoms with Crippen molar-refractivity contribution in [2.24, 2.45) is 14.0 Å². The number of hydrogen-bond acceptors (Lipinski definition) is 1.